The van der Waals surface area contributed by atoms with Crippen molar-refractivity contribution in [3.8, 4) is 11.4 Å². The number of furan rings is 1. The van der Waals surface area contributed by atoms with Crippen LogP contribution in [-0.2, 0) is 6.54 Å². The highest BCUT2D eigenvalue weighted by molar-refractivity contribution is 5.51. The predicted octanol–water partition coefficient (Wildman–Crippen LogP) is 1.87. The summed E-state index contributed by atoms with van der Waals surface area (Å²) in [5.74, 6) is 1.17. The van der Waals surface area contributed by atoms with Crippen molar-refractivity contribution in [3.63, 3.8) is 0 Å². The topological polar surface area (TPSA) is 80.2 Å². The molecule has 1 fully saturated rings. The fourth-order valence-corrected chi connectivity index (χ4v) is 2.84. The van der Waals surface area contributed by atoms with Crippen molar-refractivity contribution in [3.05, 3.63) is 54.6 Å². The third-order valence-corrected chi connectivity index (χ3v) is 4.01. The van der Waals surface area contributed by atoms with Gasteiger partial charge in [-0.3, -0.25) is 9.88 Å². The summed E-state index contributed by atoms with van der Waals surface area (Å²) in [5, 5.41) is 7.45. The van der Waals surface area contributed by atoms with E-state index in [0.29, 0.717) is 18.3 Å². The van der Waals surface area contributed by atoms with Crippen LogP contribution >= 0.6 is 0 Å². The average Bonchev–Trinajstić information content (AvgIpc) is 3.27. The Hall–Kier alpha value is -2.51. The zero-order valence-electron chi connectivity index (χ0n) is 12.6. The maximum atomic E-state index is 5.39. The van der Waals surface area contributed by atoms with Crippen molar-refractivity contribution in [1.82, 2.24) is 25.3 Å². The monoisotopic (exact) mass is 311 g/mol. The van der Waals surface area contributed by atoms with Gasteiger partial charge in [-0.25, -0.2) is 0 Å². The third kappa shape index (κ3) is 3.01. The minimum atomic E-state index is 0.252. The molecule has 0 aliphatic carbocycles. The van der Waals surface area contributed by atoms with Crippen LogP contribution < -0.4 is 5.32 Å². The quantitative estimate of drug-likeness (QED) is 0.787. The van der Waals surface area contributed by atoms with Gasteiger partial charge < -0.3 is 14.3 Å². The van der Waals surface area contributed by atoms with Crippen LogP contribution in [0.1, 0.15) is 17.5 Å². The first-order chi connectivity index (χ1) is 11.4. The van der Waals surface area contributed by atoms with Gasteiger partial charge in [0.25, 0.3) is 0 Å². The van der Waals surface area contributed by atoms with Gasteiger partial charge in [-0.15, -0.1) is 0 Å². The number of aromatic nitrogens is 3. The number of nitrogens with zero attached hydrogens (tertiary/aromatic N) is 4. The molecule has 0 bridgehead atoms. The smallest absolute Gasteiger partial charge is 0.241 e. The highest BCUT2D eigenvalue weighted by atomic mass is 16.5. The first kappa shape index (κ1) is 14.1. The van der Waals surface area contributed by atoms with Gasteiger partial charge in [0.1, 0.15) is 6.26 Å². The second-order valence-corrected chi connectivity index (χ2v) is 5.50. The maximum Gasteiger partial charge on any atom is 0.241 e. The van der Waals surface area contributed by atoms with Crippen LogP contribution in [0.5, 0.6) is 0 Å². The molecule has 0 saturated carbocycles. The SMILES string of the molecule is c1cncc(C2CNCCN2Cc2nc(-c3ccoc3)no2)c1. The average molecular weight is 311 g/mol. The second kappa shape index (κ2) is 6.31. The molecule has 1 unspecified atom stereocenters. The van der Waals surface area contributed by atoms with Crippen LogP contribution in [0.15, 0.2) is 52.1 Å². The molecule has 118 valence electrons. The lowest BCUT2D eigenvalue weighted by Crippen LogP contribution is -2.45. The normalized spacial score (nSPS) is 19.0. The number of hydrogen-bond acceptors (Lipinski definition) is 7. The van der Waals surface area contributed by atoms with Gasteiger partial charge in [-0.2, -0.15) is 4.98 Å². The number of rotatable bonds is 4. The van der Waals surface area contributed by atoms with Crippen molar-refractivity contribution >= 4 is 0 Å². The zero-order valence-corrected chi connectivity index (χ0v) is 12.6. The lowest BCUT2D eigenvalue weighted by atomic mass is 10.1. The Morgan fingerprint density at radius 1 is 1.35 bits per heavy atom. The molecule has 3 aromatic heterocycles. The summed E-state index contributed by atoms with van der Waals surface area (Å²) in [5.41, 5.74) is 2.01. The number of nitrogens with one attached hydrogen (secondary N) is 1. The summed E-state index contributed by atoms with van der Waals surface area (Å²) in [6.45, 7) is 3.36. The van der Waals surface area contributed by atoms with E-state index >= 15 is 0 Å². The molecule has 0 aromatic carbocycles. The van der Waals surface area contributed by atoms with Crippen molar-refractivity contribution in [2.45, 2.75) is 12.6 Å². The van der Waals surface area contributed by atoms with Crippen LogP contribution in [0.4, 0.5) is 0 Å². The molecular weight excluding hydrogens is 294 g/mol. The van der Waals surface area contributed by atoms with Crippen LogP contribution in [0.3, 0.4) is 0 Å². The summed E-state index contributed by atoms with van der Waals surface area (Å²) in [7, 11) is 0. The molecule has 4 heterocycles. The van der Waals surface area contributed by atoms with Crippen LogP contribution in [0.2, 0.25) is 0 Å². The molecule has 1 aliphatic heterocycles. The third-order valence-electron chi connectivity index (χ3n) is 4.01. The Kier molecular flexibility index (Phi) is 3.87. The largest absolute Gasteiger partial charge is 0.472 e. The number of pyridine rings is 1. The summed E-state index contributed by atoms with van der Waals surface area (Å²) in [6, 6.07) is 6.13. The second-order valence-electron chi connectivity index (χ2n) is 5.50. The molecule has 0 radical (unpaired) electrons. The van der Waals surface area contributed by atoms with Gasteiger partial charge in [0.05, 0.1) is 18.4 Å². The molecule has 3 aromatic rings. The number of piperazine rings is 1. The zero-order chi connectivity index (χ0) is 15.5. The maximum absolute atomic E-state index is 5.39. The van der Waals surface area contributed by atoms with Crippen LogP contribution in [0.25, 0.3) is 11.4 Å². The van der Waals surface area contributed by atoms with E-state index in [1.54, 1.807) is 18.7 Å². The van der Waals surface area contributed by atoms with Gasteiger partial charge in [0.15, 0.2) is 0 Å². The van der Waals surface area contributed by atoms with E-state index in [9.17, 15) is 0 Å². The molecule has 0 spiro atoms. The summed E-state index contributed by atoms with van der Waals surface area (Å²) < 4.78 is 10.5. The van der Waals surface area contributed by atoms with Crippen molar-refractivity contribution in [2.24, 2.45) is 0 Å². The van der Waals surface area contributed by atoms with E-state index in [-0.39, 0.29) is 6.04 Å². The van der Waals surface area contributed by atoms with Crippen molar-refractivity contribution < 1.29 is 8.94 Å². The minimum absolute atomic E-state index is 0.252. The van der Waals surface area contributed by atoms with E-state index < -0.39 is 0 Å². The van der Waals surface area contributed by atoms with Crippen molar-refractivity contribution in [2.75, 3.05) is 19.6 Å². The minimum Gasteiger partial charge on any atom is -0.472 e. The molecule has 7 nitrogen and oxygen atoms in total. The molecule has 1 atom stereocenters. The van der Waals surface area contributed by atoms with Gasteiger partial charge in [0, 0.05) is 38.1 Å². The highest BCUT2D eigenvalue weighted by Crippen LogP contribution is 2.24. The fraction of sp³-hybridized carbons (Fsp3) is 0.312. The fourth-order valence-electron chi connectivity index (χ4n) is 2.84. The summed E-state index contributed by atoms with van der Waals surface area (Å²) in [4.78, 5) is 11.0. The summed E-state index contributed by atoms with van der Waals surface area (Å²) in [6.07, 6.45) is 6.91. The molecular formula is C16H17N5O2. The first-order valence-corrected chi connectivity index (χ1v) is 7.60. The molecule has 0 amide bonds. The van der Waals surface area contributed by atoms with E-state index in [4.69, 9.17) is 8.94 Å². The number of hydrogen-bond donors (Lipinski definition) is 1. The van der Waals surface area contributed by atoms with E-state index in [2.05, 4.69) is 31.4 Å². The van der Waals surface area contributed by atoms with Crippen LogP contribution in [-0.4, -0.2) is 39.7 Å². The lowest BCUT2D eigenvalue weighted by molar-refractivity contribution is 0.135. The highest BCUT2D eigenvalue weighted by Gasteiger charge is 2.25. The van der Waals surface area contributed by atoms with E-state index in [0.717, 1.165) is 25.2 Å². The molecule has 4 rings (SSSR count). The summed E-state index contributed by atoms with van der Waals surface area (Å²) >= 11 is 0. The van der Waals surface area contributed by atoms with E-state index in [1.165, 1.54) is 5.56 Å². The van der Waals surface area contributed by atoms with Crippen molar-refractivity contribution in [1.29, 1.82) is 0 Å². The molecule has 7 heteroatoms. The Morgan fingerprint density at radius 3 is 3.17 bits per heavy atom. The molecule has 1 saturated heterocycles. The first-order valence-electron chi connectivity index (χ1n) is 7.60. The predicted molar refractivity (Wildman–Crippen MR) is 82.3 cm³/mol. The lowest BCUT2D eigenvalue weighted by Gasteiger charge is -2.35. The van der Waals surface area contributed by atoms with Gasteiger partial charge in [-0.05, 0) is 17.7 Å². The van der Waals surface area contributed by atoms with E-state index in [1.807, 2.05) is 18.3 Å². The Balaban J connectivity index is 1.52. The standard InChI is InChI=1S/C16H17N5O2/c1-2-12(8-17-4-1)14-9-18-5-6-21(14)10-15-19-16(20-23-15)13-3-7-22-11-13/h1-4,7-8,11,14,18H,5-6,9-10H2. The van der Waals surface area contributed by atoms with Crippen LogP contribution in [0, 0.1) is 0 Å². The molecule has 23 heavy (non-hydrogen) atoms. The van der Waals surface area contributed by atoms with Gasteiger partial charge in [0.2, 0.25) is 11.7 Å². The Bertz CT molecular complexity index is 741. The van der Waals surface area contributed by atoms with Gasteiger partial charge in [-0.1, -0.05) is 11.2 Å². The Morgan fingerprint density at radius 2 is 2.35 bits per heavy atom. The molecule has 1 N–H and O–H groups in total. The van der Waals surface area contributed by atoms with Gasteiger partial charge >= 0.3 is 0 Å². The Labute approximate surface area is 133 Å². The molecule has 1 aliphatic rings.